The van der Waals surface area contributed by atoms with Crippen molar-refractivity contribution < 1.29 is 4.42 Å². The lowest BCUT2D eigenvalue weighted by Gasteiger charge is -2.39. The van der Waals surface area contributed by atoms with Gasteiger partial charge in [0.1, 0.15) is 0 Å². The highest BCUT2D eigenvalue weighted by Crippen LogP contribution is 2.34. The first-order chi connectivity index (χ1) is 12.7. The summed E-state index contributed by atoms with van der Waals surface area (Å²) in [7, 11) is 0. The lowest BCUT2D eigenvalue weighted by Crippen LogP contribution is -2.46. The molecule has 0 saturated carbocycles. The molecule has 0 spiro atoms. The molecule has 3 aromatic rings. The number of rotatable bonds is 3. The van der Waals surface area contributed by atoms with Crippen molar-refractivity contribution >= 4 is 5.95 Å². The zero-order valence-corrected chi connectivity index (χ0v) is 15.1. The zero-order valence-electron chi connectivity index (χ0n) is 15.1. The maximum atomic E-state index is 5.52. The molecule has 1 aromatic carbocycles. The van der Waals surface area contributed by atoms with Crippen LogP contribution in [0, 0.1) is 6.92 Å². The van der Waals surface area contributed by atoms with Gasteiger partial charge in [0.25, 0.3) is 0 Å². The van der Waals surface area contributed by atoms with Gasteiger partial charge in [-0.05, 0) is 44.7 Å². The van der Waals surface area contributed by atoms with E-state index in [9.17, 15) is 0 Å². The predicted octanol–water partition coefficient (Wildman–Crippen LogP) is 3.59. The van der Waals surface area contributed by atoms with Gasteiger partial charge >= 0.3 is 0 Å². The molecule has 1 fully saturated rings. The Morgan fingerprint density at radius 3 is 2.50 bits per heavy atom. The third-order valence-electron chi connectivity index (χ3n) is 5.43. The maximum absolute atomic E-state index is 5.52. The van der Waals surface area contributed by atoms with Crippen molar-refractivity contribution in [1.29, 1.82) is 0 Å². The first kappa shape index (κ1) is 15.5. The van der Waals surface area contributed by atoms with Crippen molar-refractivity contribution in [2.75, 3.05) is 11.4 Å². The van der Waals surface area contributed by atoms with E-state index in [2.05, 4.69) is 34.2 Å². The maximum Gasteiger partial charge on any atom is 0.247 e. The summed E-state index contributed by atoms with van der Waals surface area (Å²) >= 11 is 0. The van der Waals surface area contributed by atoms with E-state index in [4.69, 9.17) is 14.4 Å². The van der Waals surface area contributed by atoms with Crippen molar-refractivity contribution in [1.82, 2.24) is 20.2 Å². The average molecular weight is 347 g/mol. The molecule has 0 N–H and O–H groups in total. The van der Waals surface area contributed by atoms with Gasteiger partial charge in [-0.15, -0.1) is 10.2 Å². The molecule has 132 valence electrons. The summed E-state index contributed by atoms with van der Waals surface area (Å²) in [4.78, 5) is 12.1. The molecule has 0 unspecified atom stereocenters. The Morgan fingerprint density at radius 1 is 1.04 bits per heavy atom. The second kappa shape index (κ2) is 5.90. The molecule has 0 bridgehead atoms. The minimum Gasteiger partial charge on any atom is -0.421 e. The summed E-state index contributed by atoms with van der Waals surface area (Å²) in [5, 5.41) is 7.99. The molecule has 2 aromatic heterocycles. The van der Waals surface area contributed by atoms with Crippen molar-refractivity contribution in [3.05, 3.63) is 41.4 Å². The van der Waals surface area contributed by atoms with Crippen LogP contribution < -0.4 is 4.90 Å². The SMILES string of the molecule is Cc1nnc(-c2ccc(-c3nc(N4CC[C@@H]4C)nc4c3CCC4)cc2)o1. The highest BCUT2D eigenvalue weighted by atomic mass is 16.4. The number of benzene rings is 1. The third-order valence-corrected chi connectivity index (χ3v) is 5.43. The Kier molecular flexibility index (Phi) is 3.51. The van der Waals surface area contributed by atoms with Crippen LogP contribution in [0.25, 0.3) is 22.7 Å². The molecule has 26 heavy (non-hydrogen) atoms. The molecule has 0 amide bonds. The van der Waals surface area contributed by atoms with Crippen LogP contribution in [-0.2, 0) is 12.8 Å². The van der Waals surface area contributed by atoms with Gasteiger partial charge in [0.2, 0.25) is 17.7 Å². The number of hydrogen-bond donors (Lipinski definition) is 0. The third kappa shape index (κ3) is 2.48. The fourth-order valence-corrected chi connectivity index (χ4v) is 3.78. The van der Waals surface area contributed by atoms with Gasteiger partial charge in [-0.1, -0.05) is 12.1 Å². The van der Waals surface area contributed by atoms with Crippen LogP contribution >= 0.6 is 0 Å². The number of aryl methyl sites for hydroxylation is 2. The van der Waals surface area contributed by atoms with E-state index < -0.39 is 0 Å². The molecular formula is C20H21N5O. The van der Waals surface area contributed by atoms with Gasteiger partial charge in [0.05, 0.1) is 5.69 Å². The standard InChI is InChI=1S/C20H21N5O/c1-12-10-11-25(12)20-21-17-5-3-4-16(17)18(22-20)14-6-8-15(9-7-14)19-24-23-13(2)26-19/h6-9,12H,3-5,10-11H2,1-2H3/t12-/m0/s1. The van der Waals surface area contributed by atoms with Crippen LogP contribution in [0.3, 0.4) is 0 Å². The molecule has 3 heterocycles. The summed E-state index contributed by atoms with van der Waals surface area (Å²) in [6.07, 6.45) is 4.49. The Morgan fingerprint density at radius 2 is 1.85 bits per heavy atom. The van der Waals surface area contributed by atoms with Crippen LogP contribution in [0.5, 0.6) is 0 Å². The molecule has 1 saturated heterocycles. The van der Waals surface area contributed by atoms with E-state index in [1.165, 1.54) is 17.7 Å². The molecule has 2 aliphatic rings. The fourth-order valence-electron chi connectivity index (χ4n) is 3.78. The molecular weight excluding hydrogens is 326 g/mol. The average Bonchev–Trinajstić information content (AvgIpc) is 3.29. The van der Waals surface area contributed by atoms with Gasteiger partial charge in [-0.25, -0.2) is 9.97 Å². The monoisotopic (exact) mass is 347 g/mol. The van der Waals surface area contributed by atoms with Crippen molar-refractivity contribution in [2.45, 2.75) is 45.6 Å². The predicted molar refractivity (Wildman–Crippen MR) is 98.9 cm³/mol. The number of anilines is 1. The second-order valence-corrected chi connectivity index (χ2v) is 7.19. The number of nitrogens with zero attached hydrogens (tertiary/aromatic N) is 5. The Balaban J connectivity index is 1.55. The van der Waals surface area contributed by atoms with Crippen molar-refractivity contribution in [3.63, 3.8) is 0 Å². The molecule has 6 nitrogen and oxygen atoms in total. The number of hydrogen-bond acceptors (Lipinski definition) is 6. The molecule has 1 aliphatic heterocycles. The quantitative estimate of drug-likeness (QED) is 0.721. The van der Waals surface area contributed by atoms with E-state index in [1.807, 2.05) is 12.1 Å². The topological polar surface area (TPSA) is 67.9 Å². The summed E-state index contributed by atoms with van der Waals surface area (Å²) < 4.78 is 5.52. The van der Waals surface area contributed by atoms with Gasteiger partial charge < -0.3 is 9.32 Å². The van der Waals surface area contributed by atoms with E-state index in [0.29, 0.717) is 17.8 Å². The summed E-state index contributed by atoms with van der Waals surface area (Å²) in [6.45, 7) is 5.09. The van der Waals surface area contributed by atoms with Crippen LogP contribution in [0.2, 0.25) is 0 Å². The van der Waals surface area contributed by atoms with Crippen molar-refractivity contribution in [2.24, 2.45) is 0 Å². The zero-order chi connectivity index (χ0) is 17.7. The van der Waals surface area contributed by atoms with Crippen molar-refractivity contribution in [3.8, 4) is 22.7 Å². The van der Waals surface area contributed by atoms with Crippen LogP contribution in [0.4, 0.5) is 5.95 Å². The van der Waals surface area contributed by atoms with E-state index in [0.717, 1.165) is 48.6 Å². The number of fused-ring (bicyclic) bond motifs is 1. The normalized spacial score (nSPS) is 18.7. The van der Waals surface area contributed by atoms with Crippen LogP contribution in [0.1, 0.15) is 36.9 Å². The van der Waals surface area contributed by atoms with Gasteiger partial charge in [-0.2, -0.15) is 0 Å². The van der Waals surface area contributed by atoms with E-state index in [1.54, 1.807) is 6.92 Å². The lowest BCUT2D eigenvalue weighted by molar-refractivity contribution is 0.470. The van der Waals surface area contributed by atoms with Gasteiger partial charge in [-0.3, -0.25) is 0 Å². The Bertz CT molecular complexity index is 963. The minimum absolute atomic E-state index is 0.533. The summed E-state index contributed by atoms with van der Waals surface area (Å²) in [5.74, 6) is 2.01. The smallest absolute Gasteiger partial charge is 0.247 e. The Labute approximate surface area is 152 Å². The first-order valence-corrected chi connectivity index (χ1v) is 9.26. The Hall–Kier alpha value is -2.76. The van der Waals surface area contributed by atoms with E-state index in [-0.39, 0.29) is 0 Å². The van der Waals surface area contributed by atoms with Gasteiger partial charge in [0.15, 0.2) is 0 Å². The lowest BCUT2D eigenvalue weighted by atomic mass is 10.0. The molecule has 6 heteroatoms. The molecule has 1 atom stereocenters. The second-order valence-electron chi connectivity index (χ2n) is 7.19. The minimum atomic E-state index is 0.533. The van der Waals surface area contributed by atoms with Crippen LogP contribution in [-0.4, -0.2) is 32.8 Å². The largest absolute Gasteiger partial charge is 0.421 e. The summed E-state index contributed by atoms with van der Waals surface area (Å²) in [5.41, 5.74) is 5.66. The van der Waals surface area contributed by atoms with Crippen LogP contribution in [0.15, 0.2) is 28.7 Å². The molecule has 5 rings (SSSR count). The summed E-state index contributed by atoms with van der Waals surface area (Å²) in [6, 6.07) is 8.78. The molecule has 1 aliphatic carbocycles. The fraction of sp³-hybridized carbons (Fsp3) is 0.400. The van der Waals surface area contributed by atoms with E-state index >= 15 is 0 Å². The highest BCUT2D eigenvalue weighted by Gasteiger charge is 2.29. The first-order valence-electron chi connectivity index (χ1n) is 9.26. The molecule has 0 radical (unpaired) electrons. The number of aromatic nitrogens is 4. The highest BCUT2D eigenvalue weighted by molar-refractivity contribution is 5.69. The van der Waals surface area contributed by atoms with Gasteiger partial charge in [0, 0.05) is 41.9 Å².